The molecule has 1 aromatic carbocycles. The number of ether oxygens (including phenoxy) is 2. The molecule has 0 unspecified atom stereocenters. The SMILES string of the molecule is O=C(NC[C@@H]1COc2ccccc2O1)c1cn(C2CCCC2)cc(C(=O)N2CCCCC2)c1=O. The van der Waals surface area contributed by atoms with Gasteiger partial charge in [0.05, 0.1) is 6.54 Å². The Labute approximate surface area is 198 Å². The summed E-state index contributed by atoms with van der Waals surface area (Å²) in [5, 5.41) is 2.82. The maximum atomic E-state index is 13.3. The molecule has 0 bridgehead atoms. The summed E-state index contributed by atoms with van der Waals surface area (Å²) in [4.78, 5) is 41.4. The van der Waals surface area contributed by atoms with Crippen molar-refractivity contribution in [1.82, 2.24) is 14.8 Å². The van der Waals surface area contributed by atoms with Crippen molar-refractivity contribution in [3.63, 3.8) is 0 Å². The lowest BCUT2D eigenvalue weighted by molar-refractivity contribution is 0.0721. The van der Waals surface area contributed by atoms with Crippen LogP contribution < -0.4 is 20.2 Å². The van der Waals surface area contributed by atoms with E-state index in [9.17, 15) is 14.4 Å². The minimum absolute atomic E-state index is 0.00638. The number of hydrogen-bond donors (Lipinski definition) is 1. The molecule has 0 spiro atoms. The molecular formula is C26H31N3O5. The highest BCUT2D eigenvalue weighted by molar-refractivity contribution is 5.99. The maximum absolute atomic E-state index is 13.3. The molecule has 180 valence electrons. The van der Waals surface area contributed by atoms with Crippen LogP contribution in [-0.4, -0.2) is 53.6 Å². The summed E-state index contributed by atoms with van der Waals surface area (Å²) >= 11 is 0. The van der Waals surface area contributed by atoms with Crippen molar-refractivity contribution in [2.24, 2.45) is 0 Å². The fourth-order valence-electron chi connectivity index (χ4n) is 5.06. The summed E-state index contributed by atoms with van der Waals surface area (Å²) in [7, 11) is 0. The van der Waals surface area contributed by atoms with Gasteiger partial charge in [-0.2, -0.15) is 0 Å². The Morgan fingerprint density at radius 1 is 0.941 bits per heavy atom. The Morgan fingerprint density at radius 3 is 2.41 bits per heavy atom. The first-order chi connectivity index (χ1) is 16.6. The molecule has 3 aliphatic rings. The lowest BCUT2D eigenvalue weighted by atomic mass is 10.1. The summed E-state index contributed by atoms with van der Waals surface area (Å²) in [5.74, 6) is 0.540. The van der Waals surface area contributed by atoms with Gasteiger partial charge < -0.3 is 24.3 Å². The first kappa shape index (κ1) is 22.5. The lowest BCUT2D eigenvalue weighted by Gasteiger charge is -2.27. The summed E-state index contributed by atoms with van der Waals surface area (Å²) in [6.45, 7) is 1.80. The number of amides is 2. The van der Waals surface area contributed by atoms with Crippen LogP contribution in [0.2, 0.25) is 0 Å². The van der Waals surface area contributed by atoms with E-state index in [1.165, 1.54) is 0 Å². The predicted octanol–water partition coefficient (Wildman–Crippen LogP) is 3.16. The van der Waals surface area contributed by atoms with E-state index in [0.717, 1.165) is 44.9 Å². The minimum atomic E-state index is -0.506. The molecule has 2 aromatic rings. The number of nitrogens with zero attached hydrogens (tertiary/aromatic N) is 2. The van der Waals surface area contributed by atoms with E-state index in [1.807, 2.05) is 28.8 Å². The number of para-hydroxylation sites is 2. The average Bonchev–Trinajstić information content (AvgIpc) is 3.42. The second-order valence-corrected chi connectivity index (χ2v) is 9.36. The van der Waals surface area contributed by atoms with Crippen molar-refractivity contribution in [2.45, 2.75) is 57.1 Å². The highest BCUT2D eigenvalue weighted by Crippen LogP contribution is 2.31. The molecule has 2 aliphatic heterocycles. The van der Waals surface area contributed by atoms with Gasteiger partial charge >= 0.3 is 0 Å². The van der Waals surface area contributed by atoms with Crippen LogP contribution in [0.3, 0.4) is 0 Å². The molecule has 0 radical (unpaired) electrons. The zero-order valence-electron chi connectivity index (χ0n) is 19.3. The molecule has 3 heterocycles. The number of pyridine rings is 1. The van der Waals surface area contributed by atoms with Gasteiger partial charge in [-0.05, 0) is 44.2 Å². The quantitative estimate of drug-likeness (QED) is 0.733. The Morgan fingerprint density at radius 2 is 1.65 bits per heavy atom. The van der Waals surface area contributed by atoms with Crippen LogP contribution in [-0.2, 0) is 0 Å². The molecule has 1 saturated heterocycles. The standard InChI is InChI=1S/C26H31N3O5/c30-24-20(25(31)27-14-19-17-33-22-10-4-5-11-23(22)34-19)15-29(18-8-2-3-9-18)16-21(24)26(32)28-12-6-1-7-13-28/h4-5,10-11,15-16,18-19H,1-3,6-9,12-14,17H2,(H,27,31)/t19-/m1/s1. The van der Waals surface area contributed by atoms with E-state index >= 15 is 0 Å². The fraction of sp³-hybridized carbons (Fsp3) is 0.500. The highest BCUT2D eigenvalue weighted by Gasteiger charge is 2.28. The van der Waals surface area contributed by atoms with Gasteiger partial charge in [0.2, 0.25) is 5.43 Å². The first-order valence-corrected chi connectivity index (χ1v) is 12.3. The molecule has 1 saturated carbocycles. The van der Waals surface area contributed by atoms with Gasteiger partial charge in [0.1, 0.15) is 23.8 Å². The largest absolute Gasteiger partial charge is 0.486 e. The van der Waals surface area contributed by atoms with Crippen molar-refractivity contribution in [2.75, 3.05) is 26.2 Å². The number of likely N-dealkylation sites (tertiary alicyclic amines) is 1. The number of carbonyl (C=O) groups excluding carboxylic acids is 2. The minimum Gasteiger partial charge on any atom is -0.486 e. The number of hydrogen-bond acceptors (Lipinski definition) is 5. The molecular weight excluding hydrogens is 434 g/mol. The van der Waals surface area contributed by atoms with E-state index in [-0.39, 0.29) is 35.7 Å². The number of benzene rings is 1. The van der Waals surface area contributed by atoms with Gasteiger partial charge in [0.15, 0.2) is 11.5 Å². The Balaban J connectivity index is 1.36. The normalized spacial score (nSPS) is 20.2. The Kier molecular flexibility index (Phi) is 6.56. The second-order valence-electron chi connectivity index (χ2n) is 9.36. The number of nitrogens with one attached hydrogen (secondary N) is 1. The second kappa shape index (κ2) is 9.91. The average molecular weight is 466 g/mol. The summed E-state index contributed by atoms with van der Waals surface area (Å²) in [5.41, 5.74) is -0.409. The van der Waals surface area contributed by atoms with Crippen LogP contribution in [0.25, 0.3) is 0 Å². The third-order valence-corrected chi connectivity index (χ3v) is 6.97. The highest BCUT2D eigenvalue weighted by atomic mass is 16.6. The molecule has 34 heavy (non-hydrogen) atoms. The van der Waals surface area contributed by atoms with Crippen molar-refractivity contribution >= 4 is 11.8 Å². The third-order valence-electron chi connectivity index (χ3n) is 6.97. The van der Waals surface area contributed by atoms with Gasteiger partial charge in [0, 0.05) is 31.5 Å². The number of aromatic nitrogens is 1. The van der Waals surface area contributed by atoms with Crippen molar-refractivity contribution in [3.05, 3.63) is 58.0 Å². The number of carbonyl (C=O) groups is 2. The van der Waals surface area contributed by atoms with Gasteiger partial charge in [-0.15, -0.1) is 0 Å². The number of rotatable bonds is 5. The predicted molar refractivity (Wildman–Crippen MR) is 127 cm³/mol. The van der Waals surface area contributed by atoms with Gasteiger partial charge in [-0.3, -0.25) is 14.4 Å². The first-order valence-electron chi connectivity index (χ1n) is 12.3. The Bertz CT molecular complexity index is 1120. The molecule has 8 heteroatoms. The zero-order valence-corrected chi connectivity index (χ0v) is 19.3. The van der Waals surface area contributed by atoms with Crippen LogP contribution in [0.15, 0.2) is 41.5 Å². The molecule has 1 aliphatic carbocycles. The van der Waals surface area contributed by atoms with Crippen LogP contribution in [0.5, 0.6) is 11.5 Å². The molecule has 2 fully saturated rings. The lowest BCUT2D eigenvalue weighted by Crippen LogP contribution is -2.43. The molecule has 1 atom stereocenters. The maximum Gasteiger partial charge on any atom is 0.259 e. The number of piperidine rings is 1. The van der Waals surface area contributed by atoms with Crippen molar-refractivity contribution in [3.8, 4) is 11.5 Å². The molecule has 1 aromatic heterocycles. The Hall–Kier alpha value is -3.29. The van der Waals surface area contributed by atoms with E-state index in [1.54, 1.807) is 17.3 Å². The van der Waals surface area contributed by atoms with E-state index < -0.39 is 11.3 Å². The summed E-state index contributed by atoms with van der Waals surface area (Å²) in [6.07, 6.45) is 10.1. The van der Waals surface area contributed by atoms with Crippen LogP contribution in [0.4, 0.5) is 0 Å². The van der Waals surface area contributed by atoms with Gasteiger partial charge in [-0.25, -0.2) is 0 Å². The van der Waals surface area contributed by atoms with E-state index in [2.05, 4.69) is 5.32 Å². The van der Waals surface area contributed by atoms with E-state index in [4.69, 9.17) is 9.47 Å². The van der Waals surface area contributed by atoms with E-state index in [0.29, 0.717) is 31.2 Å². The summed E-state index contributed by atoms with van der Waals surface area (Å²) < 4.78 is 13.5. The van der Waals surface area contributed by atoms with Crippen LogP contribution in [0, 0.1) is 0 Å². The van der Waals surface area contributed by atoms with Crippen molar-refractivity contribution < 1.29 is 19.1 Å². The van der Waals surface area contributed by atoms with Gasteiger partial charge in [-0.1, -0.05) is 25.0 Å². The monoisotopic (exact) mass is 465 g/mol. The molecule has 1 N–H and O–H groups in total. The molecule has 5 rings (SSSR count). The topological polar surface area (TPSA) is 89.9 Å². The van der Waals surface area contributed by atoms with Crippen molar-refractivity contribution in [1.29, 1.82) is 0 Å². The smallest absolute Gasteiger partial charge is 0.259 e. The van der Waals surface area contributed by atoms with Crippen LogP contribution >= 0.6 is 0 Å². The number of fused-ring (bicyclic) bond motifs is 1. The van der Waals surface area contributed by atoms with Crippen LogP contribution in [0.1, 0.15) is 71.7 Å². The fourth-order valence-corrected chi connectivity index (χ4v) is 5.06. The third kappa shape index (κ3) is 4.67. The zero-order chi connectivity index (χ0) is 23.5. The molecule has 8 nitrogen and oxygen atoms in total. The summed E-state index contributed by atoms with van der Waals surface area (Å²) in [6, 6.07) is 7.59. The molecule has 2 amide bonds. The van der Waals surface area contributed by atoms with Gasteiger partial charge in [0.25, 0.3) is 11.8 Å².